The van der Waals surface area contributed by atoms with E-state index < -0.39 is 12.1 Å². The number of ether oxygens (including phenoxy) is 2. The molecule has 1 heterocycles. The number of thiophene rings is 1. The third-order valence-electron chi connectivity index (χ3n) is 3.71. The summed E-state index contributed by atoms with van der Waals surface area (Å²) in [6, 6.07) is 9.76. The Kier molecular flexibility index (Phi) is 7.45. The van der Waals surface area contributed by atoms with Crippen LogP contribution in [0, 0.1) is 0 Å². The minimum atomic E-state index is -0.955. The Balaban J connectivity index is 1.83. The Morgan fingerprint density at radius 2 is 1.71 bits per heavy atom. The van der Waals surface area contributed by atoms with Gasteiger partial charge in [-0.3, -0.25) is 14.4 Å². The van der Waals surface area contributed by atoms with Crippen molar-refractivity contribution in [2.45, 2.75) is 33.4 Å². The fourth-order valence-corrected chi connectivity index (χ4v) is 3.20. The molecule has 0 fully saturated rings. The Bertz CT molecular complexity index is 871. The van der Waals surface area contributed by atoms with E-state index in [0.717, 1.165) is 4.88 Å². The normalized spacial score (nSPS) is 11.4. The van der Waals surface area contributed by atoms with Crippen LogP contribution in [0.5, 0.6) is 5.75 Å². The average Bonchev–Trinajstić information content (AvgIpc) is 3.13. The highest BCUT2D eigenvalue weighted by atomic mass is 32.1. The summed E-state index contributed by atoms with van der Waals surface area (Å²) in [5.74, 6) is -0.793. The molecule has 0 aliphatic rings. The largest absolute Gasteiger partial charge is 0.482 e. The molecule has 2 aromatic rings. The molecule has 2 rings (SSSR count). The zero-order valence-electron chi connectivity index (χ0n) is 15.8. The number of amides is 1. The third-order valence-corrected chi connectivity index (χ3v) is 4.81. The number of rotatable bonds is 9. The number of Topliss-reactive ketones (excluding diaryl/α,β-unsaturated/α-hetero) is 2. The molecule has 0 bridgehead atoms. The maximum atomic E-state index is 12.4. The highest BCUT2D eigenvalue weighted by molar-refractivity contribution is 7.14. The average molecular weight is 403 g/mol. The molecule has 7 nitrogen and oxygen atoms in total. The topological polar surface area (TPSA) is 98.8 Å². The summed E-state index contributed by atoms with van der Waals surface area (Å²) in [6.45, 7) is 4.37. The van der Waals surface area contributed by atoms with Crippen LogP contribution in [-0.4, -0.2) is 36.2 Å². The summed E-state index contributed by atoms with van der Waals surface area (Å²) in [4.78, 5) is 47.7. The molecule has 0 aliphatic carbocycles. The molecule has 1 N–H and O–H groups in total. The van der Waals surface area contributed by atoms with Gasteiger partial charge in [-0.15, -0.1) is 11.3 Å². The molecule has 28 heavy (non-hydrogen) atoms. The van der Waals surface area contributed by atoms with Crippen LogP contribution in [0.15, 0.2) is 36.4 Å². The first kappa shape index (κ1) is 21.3. The number of carbonyl (C=O) groups is 4. The Morgan fingerprint density at radius 3 is 2.32 bits per heavy atom. The fraction of sp³-hybridized carbons (Fsp3) is 0.300. The molecule has 0 saturated heterocycles. The number of hydrogen-bond acceptors (Lipinski definition) is 7. The molecule has 148 valence electrons. The van der Waals surface area contributed by atoms with Gasteiger partial charge >= 0.3 is 5.97 Å². The van der Waals surface area contributed by atoms with Gasteiger partial charge in [0.25, 0.3) is 0 Å². The maximum absolute atomic E-state index is 12.4. The molecule has 1 aromatic carbocycles. The van der Waals surface area contributed by atoms with Gasteiger partial charge in [-0.1, -0.05) is 0 Å². The lowest BCUT2D eigenvalue weighted by molar-refractivity contribution is -0.148. The number of nitrogens with one attached hydrogen (secondary N) is 1. The first-order chi connectivity index (χ1) is 13.3. The van der Waals surface area contributed by atoms with Crippen LogP contribution in [0.4, 0.5) is 0 Å². The van der Waals surface area contributed by atoms with Crippen molar-refractivity contribution in [2.75, 3.05) is 6.61 Å². The van der Waals surface area contributed by atoms with Crippen LogP contribution in [0.2, 0.25) is 0 Å². The fourth-order valence-electron chi connectivity index (χ4n) is 2.23. The molecule has 1 amide bonds. The molecule has 1 unspecified atom stereocenters. The van der Waals surface area contributed by atoms with Crippen LogP contribution in [0.25, 0.3) is 0 Å². The van der Waals surface area contributed by atoms with E-state index in [1.807, 2.05) is 0 Å². The summed E-state index contributed by atoms with van der Waals surface area (Å²) in [5, 5.41) is 2.66. The monoisotopic (exact) mass is 403 g/mol. The number of hydrogen-bond donors (Lipinski definition) is 1. The van der Waals surface area contributed by atoms with E-state index in [-0.39, 0.29) is 24.1 Å². The molecule has 8 heteroatoms. The summed E-state index contributed by atoms with van der Waals surface area (Å²) in [5.41, 5.74) is 0.544. The van der Waals surface area contributed by atoms with Crippen molar-refractivity contribution >= 4 is 34.8 Å². The second kappa shape index (κ2) is 9.80. The summed E-state index contributed by atoms with van der Waals surface area (Å²) in [6.07, 6.45) is -0.955. The van der Waals surface area contributed by atoms with E-state index in [9.17, 15) is 19.2 Å². The molecule has 0 spiro atoms. The lowest BCUT2D eigenvalue weighted by Crippen LogP contribution is -2.26. The van der Waals surface area contributed by atoms with Crippen LogP contribution in [-0.2, 0) is 20.9 Å². The zero-order chi connectivity index (χ0) is 20.7. The molecular weight excluding hydrogens is 382 g/mol. The van der Waals surface area contributed by atoms with Crippen molar-refractivity contribution in [1.29, 1.82) is 0 Å². The van der Waals surface area contributed by atoms with Crippen LogP contribution < -0.4 is 10.1 Å². The SMILES string of the molecule is CC(=O)NCc1ccc(C(=O)C(C)OC(=O)COc2ccc(C(C)=O)cc2)s1. The number of carbonyl (C=O) groups excluding carboxylic acids is 4. The molecule has 0 saturated carbocycles. The second-order valence-corrected chi connectivity index (χ2v) is 7.21. The smallest absolute Gasteiger partial charge is 0.344 e. The standard InChI is InChI=1S/C20H21NO6S/c1-12(22)15-4-6-16(7-5-15)26-11-19(24)27-13(2)20(25)18-9-8-17(28-18)10-21-14(3)23/h4-9,13H,10-11H2,1-3H3,(H,21,23). The molecule has 1 aromatic heterocycles. The second-order valence-electron chi connectivity index (χ2n) is 6.04. The highest BCUT2D eigenvalue weighted by Crippen LogP contribution is 2.19. The van der Waals surface area contributed by atoms with E-state index >= 15 is 0 Å². The lowest BCUT2D eigenvalue weighted by Gasteiger charge is -2.12. The summed E-state index contributed by atoms with van der Waals surface area (Å²) >= 11 is 1.24. The van der Waals surface area contributed by atoms with Gasteiger partial charge in [0.15, 0.2) is 18.5 Å². The van der Waals surface area contributed by atoms with Crippen molar-refractivity contribution in [3.63, 3.8) is 0 Å². The minimum Gasteiger partial charge on any atom is -0.482 e. The van der Waals surface area contributed by atoms with Gasteiger partial charge in [0.2, 0.25) is 11.7 Å². The molecule has 0 radical (unpaired) electrons. The third kappa shape index (κ3) is 6.31. The number of esters is 1. The zero-order valence-corrected chi connectivity index (χ0v) is 16.6. The van der Waals surface area contributed by atoms with Crippen LogP contribution in [0.1, 0.15) is 45.7 Å². The first-order valence-electron chi connectivity index (χ1n) is 8.57. The van der Waals surface area contributed by atoms with E-state index in [1.54, 1.807) is 36.4 Å². The van der Waals surface area contributed by atoms with E-state index in [4.69, 9.17) is 9.47 Å². The summed E-state index contributed by atoms with van der Waals surface area (Å²) in [7, 11) is 0. The quantitative estimate of drug-likeness (QED) is 0.511. The maximum Gasteiger partial charge on any atom is 0.344 e. The van der Waals surface area contributed by atoms with Crippen molar-refractivity contribution < 1.29 is 28.7 Å². The Labute approximate surface area is 166 Å². The van der Waals surface area contributed by atoms with Crippen molar-refractivity contribution in [3.05, 3.63) is 51.7 Å². The van der Waals surface area contributed by atoms with Gasteiger partial charge in [0, 0.05) is 17.4 Å². The Morgan fingerprint density at radius 1 is 1.04 bits per heavy atom. The highest BCUT2D eigenvalue weighted by Gasteiger charge is 2.21. The van der Waals surface area contributed by atoms with Gasteiger partial charge in [0.1, 0.15) is 5.75 Å². The van der Waals surface area contributed by atoms with Gasteiger partial charge in [-0.2, -0.15) is 0 Å². The van der Waals surface area contributed by atoms with Gasteiger partial charge in [-0.25, -0.2) is 4.79 Å². The predicted octanol–water partition coefficient (Wildman–Crippen LogP) is 2.78. The molecule has 0 aliphatic heterocycles. The van der Waals surface area contributed by atoms with Gasteiger partial charge in [0.05, 0.1) is 11.4 Å². The molecule has 1 atom stereocenters. The van der Waals surface area contributed by atoms with Gasteiger partial charge < -0.3 is 14.8 Å². The van der Waals surface area contributed by atoms with Crippen LogP contribution in [0.3, 0.4) is 0 Å². The van der Waals surface area contributed by atoms with Crippen molar-refractivity contribution in [3.8, 4) is 5.75 Å². The van der Waals surface area contributed by atoms with Crippen molar-refractivity contribution in [1.82, 2.24) is 5.32 Å². The lowest BCUT2D eigenvalue weighted by atomic mass is 10.1. The number of benzene rings is 1. The van der Waals surface area contributed by atoms with E-state index in [0.29, 0.717) is 22.7 Å². The van der Waals surface area contributed by atoms with Crippen LogP contribution >= 0.6 is 11.3 Å². The van der Waals surface area contributed by atoms with Gasteiger partial charge in [-0.05, 0) is 50.2 Å². The number of ketones is 2. The van der Waals surface area contributed by atoms with E-state index in [1.165, 1.54) is 32.1 Å². The minimum absolute atomic E-state index is 0.0629. The van der Waals surface area contributed by atoms with Crippen molar-refractivity contribution in [2.24, 2.45) is 0 Å². The first-order valence-corrected chi connectivity index (χ1v) is 9.38. The van der Waals surface area contributed by atoms with E-state index in [2.05, 4.69) is 5.32 Å². The molecular formula is C20H21NO6S. The summed E-state index contributed by atoms with van der Waals surface area (Å²) < 4.78 is 10.4. The predicted molar refractivity (Wildman–Crippen MR) is 104 cm³/mol. The Hall–Kier alpha value is -3.00.